The molecule has 19 heavy (non-hydrogen) atoms. The van der Waals surface area contributed by atoms with Crippen LogP contribution in [0, 0.1) is 18.6 Å². The third-order valence-electron chi connectivity index (χ3n) is 3.32. The predicted octanol–water partition coefficient (Wildman–Crippen LogP) is 5.07. The molecule has 0 bridgehead atoms. The minimum absolute atomic E-state index is 0.724. The van der Waals surface area contributed by atoms with Crippen molar-refractivity contribution in [2.24, 2.45) is 0 Å². The highest BCUT2D eigenvalue weighted by molar-refractivity contribution is 9.10. The number of fused-ring (bicyclic) bond motifs is 1. The summed E-state index contributed by atoms with van der Waals surface area (Å²) in [4.78, 5) is 3.26. The van der Waals surface area contributed by atoms with Crippen molar-refractivity contribution < 1.29 is 0 Å². The predicted molar refractivity (Wildman–Crippen MR) is 85.6 cm³/mol. The van der Waals surface area contributed by atoms with Gasteiger partial charge in [-0.3, -0.25) is 4.57 Å². The molecule has 0 saturated carbocycles. The first-order valence-electron chi connectivity index (χ1n) is 6.05. The van der Waals surface area contributed by atoms with E-state index in [0.29, 0.717) is 0 Å². The lowest BCUT2D eigenvalue weighted by molar-refractivity contribution is 1.04. The second-order valence-corrected chi connectivity index (χ2v) is 5.91. The second kappa shape index (κ2) is 4.62. The van der Waals surface area contributed by atoms with Crippen LogP contribution in [0.5, 0.6) is 0 Å². The summed E-state index contributed by atoms with van der Waals surface area (Å²) in [6.07, 6.45) is 0. The standard InChI is InChI=1S/C15H13BrN2S/c1-9-6-7-12-14(8-9)18(15(19)17-12)13-5-3-4-11(16)10(13)2/h3-8H,1-2H3,(H,17,19). The van der Waals surface area contributed by atoms with Gasteiger partial charge in [-0.05, 0) is 61.5 Å². The number of rotatable bonds is 1. The van der Waals surface area contributed by atoms with Crippen molar-refractivity contribution in [1.29, 1.82) is 0 Å². The smallest absolute Gasteiger partial charge is 0.182 e. The number of imidazole rings is 1. The molecule has 1 N–H and O–H groups in total. The molecule has 0 aliphatic rings. The van der Waals surface area contributed by atoms with Crippen LogP contribution in [0.25, 0.3) is 16.7 Å². The van der Waals surface area contributed by atoms with Gasteiger partial charge in [0, 0.05) is 4.47 Å². The number of aryl methyl sites for hydroxylation is 1. The molecule has 2 nitrogen and oxygen atoms in total. The summed E-state index contributed by atoms with van der Waals surface area (Å²) in [7, 11) is 0. The number of nitrogens with zero attached hydrogens (tertiary/aromatic N) is 1. The van der Waals surface area contributed by atoms with Gasteiger partial charge in [-0.15, -0.1) is 0 Å². The van der Waals surface area contributed by atoms with E-state index >= 15 is 0 Å². The Labute approximate surface area is 125 Å². The Morgan fingerprint density at radius 1 is 1.16 bits per heavy atom. The maximum Gasteiger partial charge on any atom is 0.182 e. The van der Waals surface area contributed by atoms with Gasteiger partial charge in [-0.25, -0.2) is 0 Å². The van der Waals surface area contributed by atoms with Crippen molar-refractivity contribution in [2.75, 3.05) is 0 Å². The van der Waals surface area contributed by atoms with Gasteiger partial charge < -0.3 is 4.98 Å². The Hall–Kier alpha value is -1.39. The van der Waals surface area contributed by atoms with Crippen molar-refractivity contribution in [3.63, 3.8) is 0 Å². The maximum atomic E-state index is 5.47. The number of H-pyrrole nitrogens is 1. The van der Waals surface area contributed by atoms with Crippen molar-refractivity contribution >= 4 is 39.2 Å². The molecule has 3 aromatic rings. The molecule has 2 aromatic carbocycles. The van der Waals surface area contributed by atoms with Gasteiger partial charge in [0.05, 0.1) is 16.7 Å². The lowest BCUT2D eigenvalue weighted by Gasteiger charge is -2.10. The van der Waals surface area contributed by atoms with Gasteiger partial charge in [0.1, 0.15) is 0 Å². The quantitative estimate of drug-likeness (QED) is 0.617. The van der Waals surface area contributed by atoms with Gasteiger partial charge in [-0.1, -0.05) is 28.1 Å². The second-order valence-electron chi connectivity index (χ2n) is 4.67. The van der Waals surface area contributed by atoms with Crippen molar-refractivity contribution in [2.45, 2.75) is 13.8 Å². The summed E-state index contributed by atoms with van der Waals surface area (Å²) in [5.41, 5.74) is 5.70. The van der Waals surface area contributed by atoms with Gasteiger partial charge in [-0.2, -0.15) is 0 Å². The number of nitrogens with one attached hydrogen (secondary N) is 1. The summed E-state index contributed by atoms with van der Waals surface area (Å²) >= 11 is 9.05. The monoisotopic (exact) mass is 332 g/mol. The number of aromatic amines is 1. The minimum atomic E-state index is 0.724. The number of hydrogen-bond donors (Lipinski definition) is 1. The summed E-state index contributed by atoms with van der Waals surface area (Å²) in [6.45, 7) is 4.18. The Morgan fingerprint density at radius 2 is 1.95 bits per heavy atom. The average Bonchev–Trinajstić information content (AvgIpc) is 2.69. The highest BCUT2D eigenvalue weighted by Gasteiger charge is 2.10. The van der Waals surface area contributed by atoms with Crippen LogP contribution in [0.2, 0.25) is 0 Å². The van der Waals surface area contributed by atoms with Crippen LogP contribution in [0.15, 0.2) is 40.9 Å². The summed E-state index contributed by atoms with van der Waals surface area (Å²) < 4.78 is 3.91. The van der Waals surface area contributed by atoms with Crippen LogP contribution in [0.1, 0.15) is 11.1 Å². The fourth-order valence-electron chi connectivity index (χ4n) is 2.29. The molecule has 0 saturated heterocycles. The van der Waals surface area contributed by atoms with Gasteiger partial charge in [0.2, 0.25) is 0 Å². The SMILES string of the molecule is Cc1ccc2[nH]c(=S)n(-c3cccc(Br)c3C)c2c1. The fourth-order valence-corrected chi connectivity index (χ4v) is 2.95. The van der Waals surface area contributed by atoms with E-state index in [1.165, 1.54) is 11.1 Å². The molecule has 96 valence electrons. The lowest BCUT2D eigenvalue weighted by Crippen LogP contribution is -1.97. The molecule has 1 heterocycles. The lowest BCUT2D eigenvalue weighted by atomic mass is 10.2. The molecule has 0 radical (unpaired) electrons. The molecule has 0 unspecified atom stereocenters. The normalized spacial score (nSPS) is 11.1. The molecule has 0 fully saturated rings. The zero-order valence-electron chi connectivity index (χ0n) is 10.7. The third kappa shape index (κ3) is 2.05. The summed E-state index contributed by atoms with van der Waals surface area (Å²) in [5, 5.41) is 0. The Balaban J connectivity index is 2.42. The van der Waals surface area contributed by atoms with Crippen LogP contribution in [-0.4, -0.2) is 9.55 Å². The zero-order valence-corrected chi connectivity index (χ0v) is 13.1. The maximum absolute atomic E-state index is 5.47. The molecule has 0 amide bonds. The third-order valence-corrected chi connectivity index (χ3v) is 4.46. The van der Waals surface area contributed by atoms with Gasteiger partial charge >= 0.3 is 0 Å². The number of aromatic nitrogens is 2. The first-order chi connectivity index (χ1) is 9.08. The molecule has 4 heteroatoms. The number of hydrogen-bond acceptors (Lipinski definition) is 1. The molecular weight excluding hydrogens is 320 g/mol. The Morgan fingerprint density at radius 3 is 2.74 bits per heavy atom. The van der Waals surface area contributed by atoms with E-state index in [0.717, 1.165) is 26.0 Å². The zero-order chi connectivity index (χ0) is 13.6. The van der Waals surface area contributed by atoms with Crippen molar-refractivity contribution in [3.05, 3.63) is 56.8 Å². The summed E-state index contributed by atoms with van der Waals surface area (Å²) in [5.74, 6) is 0. The van der Waals surface area contributed by atoms with E-state index in [-0.39, 0.29) is 0 Å². The van der Waals surface area contributed by atoms with Crippen molar-refractivity contribution in [1.82, 2.24) is 9.55 Å². The largest absolute Gasteiger partial charge is 0.330 e. The molecule has 0 atom stereocenters. The highest BCUT2D eigenvalue weighted by Crippen LogP contribution is 2.27. The van der Waals surface area contributed by atoms with Crippen LogP contribution in [0.4, 0.5) is 0 Å². The van der Waals surface area contributed by atoms with E-state index in [1.807, 2.05) is 12.1 Å². The molecule has 3 rings (SSSR count). The number of benzene rings is 2. The van der Waals surface area contributed by atoms with Crippen molar-refractivity contribution in [3.8, 4) is 5.69 Å². The molecule has 0 aliphatic heterocycles. The molecule has 0 spiro atoms. The molecule has 0 aliphatic carbocycles. The van der Waals surface area contributed by atoms with Crippen LogP contribution >= 0.6 is 28.1 Å². The van der Waals surface area contributed by atoms with E-state index < -0.39 is 0 Å². The topological polar surface area (TPSA) is 20.7 Å². The Bertz CT molecular complexity index is 830. The van der Waals surface area contributed by atoms with Crippen LogP contribution < -0.4 is 0 Å². The minimum Gasteiger partial charge on any atom is -0.330 e. The van der Waals surface area contributed by atoms with E-state index in [2.05, 4.69) is 63.6 Å². The van der Waals surface area contributed by atoms with Crippen LogP contribution in [-0.2, 0) is 0 Å². The van der Waals surface area contributed by atoms with Gasteiger partial charge in [0.25, 0.3) is 0 Å². The first kappa shape index (κ1) is 12.6. The van der Waals surface area contributed by atoms with Gasteiger partial charge in [0.15, 0.2) is 4.77 Å². The van der Waals surface area contributed by atoms with Crippen LogP contribution in [0.3, 0.4) is 0 Å². The Kier molecular flexibility index (Phi) is 3.07. The van der Waals surface area contributed by atoms with E-state index in [9.17, 15) is 0 Å². The van der Waals surface area contributed by atoms with E-state index in [1.54, 1.807) is 0 Å². The highest BCUT2D eigenvalue weighted by atomic mass is 79.9. The van der Waals surface area contributed by atoms with E-state index in [4.69, 9.17) is 12.2 Å². The fraction of sp³-hybridized carbons (Fsp3) is 0.133. The number of halogens is 1. The average molecular weight is 333 g/mol. The molecular formula is C15H13BrN2S. The molecule has 1 aromatic heterocycles. The summed E-state index contributed by atoms with van der Waals surface area (Å²) in [6, 6.07) is 12.5. The first-order valence-corrected chi connectivity index (χ1v) is 7.25.